The molecule has 130 valence electrons. The first-order valence-corrected chi connectivity index (χ1v) is 8.76. The SMILES string of the molecule is Cc1nc(CN2CC3COCCC3(C(=O)N3CC=CC3)C2)oc1C. The highest BCUT2D eigenvalue weighted by Gasteiger charge is 2.54. The number of fused-ring (bicyclic) bond motifs is 1. The second kappa shape index (κ2) is 6.01. The zero-order chi connectivity index (χ0) is 16.7. The van der Waals surface area contributed by atoms with Gasteiger partial charge in [0.05, 0.1) is 24.3 Å². The molecular formula is C18H25N3O3. The lowest BCUT2D eigenvalue weighted by atomic mass is 9.73. The molecular weight excluding hydrogens is 306 g/mol. The highest BCUT2D eigenvalue weighted by molar-refractivity contribution is 5.84. The van der Waals surface area contributed by atoms with E-state index in [9.17, 15) is 4.79 Å². The molecule has 1 aromatic heterocycles. The van der Waals surface area contributed by atoms with Crippen molar-refractivity contribution in [2.75, 3.05) is 39.4 Å². The second-order valence-corrected chi connectivity index (χ2v) is 7.28. The summed E-state index contributed by atoms with van der Waals surface area (Å²) < 4.78 is 11.4. The number of carbonyl (C=O) groups excluding carboxylic acids is 1. The minimum absolute atomic E-state index is 0.261. The van der Waals surface area contributed by atoms with Crippen molar-refractivity contribution in [3.05, 3.63) is 29.5 Å². The molecule has 4 heterocycles. The van der Waals surface area contributed by atoms with Gasteiger partial charge >= 0.3 is 0 Å². The van der Waals surface area contributed by atoms with E-state index in [2.05, 4.69) is 22.0 Å². The average Bonchev–Trinajstić information content (AvgIpc) is 3.27. The van der Waals surface area contributed by atoms with E-state index in [1.54, 1.807) is 0 Å². The van der Waals surface area contributed by atoms with Crippen molar-refractivity contribution in [1.82, 2.24) is 14.8 Å². The third-order valence-electron chi connectivity index (χ3n) is 5.74. The summed E-state index contributed by atoms with van der Waals surface area (Å²) in [5, 5.41) is 0. The van der Waals surface area contributed by atoms with Gasteiger partial charge in [0.2, 0.25) is 11.8 Å². The van der Waals surface area contributed by atoms with E-state index in [1.807, 2.05) is 18.7 Å². The Morgan fingerprint density at radius 2 is 2.17 bits per heavy atom. The largest absolute Gasteiger partial charge is 0.444 e. The Morgan fingerprint density at radius 1 is 1.38 bits per heavy atom. The fourth-order valence-electron chi connectivity index (χ4n) is 4.28. The number of aromatic nitrogens is 1. The number of hydrogen-bond acceptors (Lipinski definition) is 5. The van der Waals surface area contributed by atoms with Crippen molar-refractivity contribution in [1.29, 1.82) is 0 Å². The third kappa shape index (κ3) is 2.58. The number of ether oxygens (including phenoxy) is 1. The average molecular weight is 331 g/mol. The molecule has 6 heteroatoms. The Labute approximate surface area is 142 Å². The number of carbonyl (C=O) groups is 1. The molecule has 2 fully saturated rings. The number of oxazole rings is 1. The molecule has 0 spiro atoms. The summed E-state index contributed by atoms with van der Waals surface area (Å²) >= 11 is 0. The first kappa shape index (κ1) is 15.8. The molecule has 0 aromatic carbocycles. The van der Waals surface area contributed by atoms with Gasteiger partial charge in [-0.25, -0.2) is 4.98 Å². The molecule has 3 aliphatic heterocycles. The highest BCUT2D eigenvalue weighted by atomic mass is 16.5. The molecule has 3 aliphatic rings. The summed E-state index contributed by atoms with van der Waals surface area (Å²) in [5.41, 5.74) is 0.639. The van der Waals surface area contributed by atoms with Gasteiger partial charge in [-0.15, -0.1) is 0 Å². The van der Waals surface area contributed by atoms with Crippen LogP contribution in [0.15, 0.2) is 16.6 Å². The summed E-state index contributed by atoms with van der Waals surface area (Å²) in [5.74, 6) is 2.17. The predicted octanol–water partition coefficient (Wildman–Crippen LogP) is 1.53. The Hall–Kier alpha value is -1.66. The molecule has 2 saturated heterocycles. The Bertz CT molecular complexity index is 641. The number of rotatable bonds is 3. The van der Waals surface area contributed by atoms with Crippen molar-refractivity contribution in [3.8, 4) is 0 Å². The first-order valence-electron chi connectivity index (χ1n) is 8.76. The van der Waals surface area contributed by atoms with E-state index >= 15 is 0 Å². The minimum atomic E-state index is -0.305. The van der Waals surface area contributed by atoms with Crippen LogP contribution in [0.4, 0.5) is 0 Å². The van der Waals surface area contributed by atoms with E-state index in [0.29, 0.717) is 25.7 Å². The lowest BCUT2D eigenvalue weighted by molar-refractivity contribution is -0.149. The van der Waals surface area contributed by atoms with Crippen LogP contribution in [0.5, 0.6) is 0 Å². The molecule has 0 saturated carbocycles. The smallest absolute Gasteiger partial charge is 0.231 e. The van der Waals surface area contributed by atoms with Crippen LogP contribution >= 0.6 is 0 Å². The second-order valence-electron chi connectivity index (χ2n) is 7.28. The van der Waals surface area contributed by atoms with Crippen LogP contribution in [-0.4, -0.2) is 60.1 Å². The van der Waals surface area contributed by atoms with Crippen LogP contribution < -0.4 is 0 Å². The molecule has 6 nitrogen and oxygen atoms in total. The maximum atomic E-state index is 13.2. The van der Waals surface area contributed by atoms with Crippen molar-refractivity contribution >= 4 is 5.91 Å². The topological polar surface area (TPSA) is 58.8 Å². The summed E-state index contributed by atoms with van der Waals surface area (Å²) in [6, 6.07) is 0. The van der Waals surface area contributed by atoms with Crippen molar-refractivity contribution in [3.63, 3.8) is 0 Å². The molecule has 2 atom stereocenters. The van der Waals surface area contributed by atoms with E-state index < -0.39 is 0 Å². The number of amides is 1. The monoisotopic (exact) mass is 331 g/mol. The molecule has 2 unspecified atom stereocenters. The van der Waals surface area contributed by atoms with Crippen LogP contribution in [0, 0.1) is 25.2 Å². The molecule has 1 aromatic rings. The normalized spacial score (nSPS) is 30.1. The number of aryl methyl sites for hydroxylation is 2. The van der Waals surface area contributed by atoms with E-state index in [1.165, 1.54) is 0 Å². The van der Waals surface area contributed by atoms with Gasteiger partial charge in [-0.05, 0) is 20.3 Å². The fourth-order valence-corrected chi connectivity index (χ4v) is 4.28. The third-order valence-corrected chi connectivity index (χ3v) is 5.74. The zero-order valence-corrected chi connectivity index (χ0v) is 14.5. The van der Waals surface area contributed by atoms with Crippen LogP contribution in [-0.2, 0) is 16.1 Å². The Morgan fingerprint density at radius 3 is 2.88 bits per heavy atom. The van der Waals surface area contributed by atoms with E-state index in [0.717, 1.165) is 49.9 Å². The lowest BCUT2D eigenvalue weighted by Gasteiger charge is -2.39. The molecule has 0 aliphatic carbocycles. The number of likely N-dealkylation sites (tertiary alicyclic amines) is 1. The predicted molar refractivity (Wildman–Crippen MR) is 88.3 cm³/mol. The van der Waals surface area contributed by atoms with Gasteiger partial charge in [0, 0.05) is 38.7 Å². The lowest BCUT2D eigenvalue weighted by Crippen LogP contribution is -2.51. The molecule has 0 N–H and O–H groups in total. The molecule has 4 rings (SSSR count). The zero-order valence-electron chi connectivity index (χ0n) is 14.5. The summed E-state index contributed by atoms with van der Waals surface area (Å²) in [6.45, 7) is 9.04. The number of hydrogen-bond donors (Lipinski definition) is 0. The summed E-state index contributed by atoms with van der Waals surface area (Å²) in [4.78, 5) is 22.0. The molecule has 1 amide bonds. The maximum Gasteiger partial charge on any atom is 0.231 e. The van der Waals surface area contributed by atoms with Gasteiger partial charge < -0.3 is 14.1 Å². The summed E-state index contributed by atoms with van der Waals surface area (Å²) in [7, 11) is 0. The van der Waals surface area contributed by atoms with E-state index in [4.69, 9.17) is 9.15 Å². The van der Waals surface area contributed by atoms with Crippen LogP contribution in [0.2, 0.25) is 0 Å². The molecule has 0 bridgehead atoms. The standard InChI is InChI=1S/C18H25N3O3/c1-13-14(2)24-16(19-13)10-20-9-15-11-23-8-5-18(15,12-20)17(22)21-6-3-4-7-21/h3-4,15H,5-12H2,1-2H3. The number of nitrogens with zero attached hydrogens (tertiary/aromatic N) is 3. The van der Waals surface area contributed by atoms with Crippen molar-refractivity contribution < 1.29 is 13.9 Å². The van der Waals surface area contributed by atoms with Gasteiger partial charge in [-0.1, -0.05) is 12.2 Å². The van der Waals surface area contributed by atoms with Crippen molar-refractivity contribution in [2.24, 2.45) is 11.3 Å². The molecule has 0 radical (unpaired) electrons. The first-order chi connectivity index (χ1) is 11.6. The Balaban J connectivity index is 1.53. The minimum Gasteiger partial charge on any atom is -0.444 e. The van der Waals surface area contributed by atoms with E-state index in [-0.39, 0.29) is 11.3 Å². The van der Waals surface area contributed by atoms with Gasteiger partial charge in [-0.2, -0.15) is 0 Å². The van der Waals surface area contributed by atoms with Crippen LogP contribution in [0.3, 0.4) is 0 Å². The van der Waals surface area contributed by atoms with Gasteiger partial charge in [0.25, 0.3) is 0 Å². The molecule has 24 heavy (non-hydrogen) atoms. The van der Waals surface area contributed by atoms with Crippen molar-refractivity contribution in [2.45, 2.75) is 26.8 Å². The fraction of sp³-hybridized carbons (Fsp3) is 0.667. The Kier molecular flexibility index (Phi) is 3.96. The van der Waals surface area contributed by atoms with Gasteiger partial charge in [0.15, 0.2) is 0 Å². The van der Waals surface area contributed by atoms with Crippen LogP contribution in [0.25, 0.3) is 0 Å². The van der Waals surface area contributed by atoms with Gasteiger partial charge in [0.1, 0.15) is 5.76 Å². The maximum absolute atomic E-state index is 13.2. The van der Waals surface area contributed by atoms with Crippen LogP contribution in [0.1, 0.15) is 23.8 Å². The quantitative estimate of drug-likeness (QED) is 0.786. The van der Waals surface area contributed by atoms with Gasteiger partial charge in [-0.3, -0.25) is 9.69 Å². The summed E-state index contributed by atoms with van der Waals surface area (Å²) in [6.07, 6.45) is 4.97. The highest BCUT2D eigenvalue weighted by Crippen LogP contribution is 2.44.